The van der Waals surface area contributed by atoms with Gasteiger partial charge in [-0.05, 0) is 56.8 Å². The third-order valence-corrected chi connectivity index (χ3v) is 4.76. The number of nitrogens with one attached hydrogen (secondary N) is 2. The van der Waals surface area contributed by atoms with Gasteiger partial charge in [-0.1, -0.05) is 0 Å². The van der Waals surface area contributed by atoms with Crippen LogP contribution in [0.1, 0.15) is 31.4 Å². The van der Waals surface area contributed by atoms with Crippen LogP contribution in [0.15, 0.2) is 27.8 Å². The molecule has 0 bridgehead atoms. The van der Waals surface area contributed by atoms with Crippen LogP contribution in [0, 0.1) is 5.92 Å². The summed E-state index contributed by atoms with van der Waals surface area (Å²) in [6, 6.07) is 3.71. The maximum absolute atomic E-state index is 12.4. The van der Waals surface area contributed by atoms with Gasteiger partial charge in [-0.2, -0.15) is 13.2 Å². The van der Waals surface area contributed by atoms with Gasteiger partial charge in [0.25, 0.3) is 0 Å². The molecular weight excluding hydrogens is 500 g/mol. The summed E-state index contributed by atoms with van der Waals surface area (Å²) in [6.07, 6.45) is 0.942. The zero-order valence-corrected chi connectivity index (χ0v) is 19.2. The van der Waals surface area contributed by atoms with E-state index in [-0.39, 0.29) is 24.0 Å². The lowest BCUT2D eigenvalue weighted by Crippen LogP contribution is -2.41. The molecule has 1 aromatic rings. The van der Waals surface area contributed by atoms with Crippen LogP contribution < -0.4 is 10.6 Å². The summed E-state index contributed by atoms with van der Waals surface area (Å²) in [5, 5.41) is 6.50. The minimum Gasteiger partial charge on any atom is -0.467 e. The van der Waals surface area contributed by atoms with E-state index in [0.717, 1.165) is 50.5 Å². The topological polar surface area (TPSA) is 62.0 Å². The normalized spacial score (nSPS) is 16.5. The minimum atomic E-state index is -4.10. The molecule has 1 aromatic heterocycles. The second kappa shape index (κ2) is 14.1. The van der Waals surface area contributed by atoms with Gasteiger partial charge in [-0.3, -0.25) is 9.89 Å². The number of nitrogens with zero attached hydrogens (tertiary/aromatic N) is 2. The number of hydrogen-bond donors (Lipinski definition) is 2. The van der Waals surface area contributed by atoms with Gasteiger partial charge >= 0.3 is 6.18 Å². The van der Waals surface area contributed by atoms with Crippen LogP contribution in [0.3, 0.4) is 0 Å². The standard InChI is InChI=1S/C19H31F3N4O2.HI/c1-23-18(24-8-3-12-27-14-17-4-2-13-28-17)25-9-5-16-6-10-26(11-7-16)15-19(20,21)22;/h2,4,13,16H,3,5-12,14-15H2,1H3,(H2,23,24,25);1H. The summed E-state index contributed by atoms with van der Waals surface area (Å²) < 4.78 is 48.0. The Morgan fingerprint density at radius 1 is 1.28 bits per heavy atom. The number of aliphatic imine (C=N–C) groups is 1. The van der Waals surface area contributed by atoms with Crippen molar-refractivity contribution in [1.82, 2.24) is 15.5 Å². The number of furan rings is 1. The summed E-state index contributed by atoms with van der Waals surface area (Å²) in [6.45, 7) is 2.86. The molecule has 1 aliphatic rings. The number of hydrogen-bond acceptors (Lipinski definition) is 4. The van der Waals surface area contributed by atoms with Gasteiger partial charge in [0.15, 0.2) is 5.96 Å². The zero-order chi connectivity index (χ0) is 20.2. The Hall–Kier alpha value is -1.01. The number of rotatable bonds is 10. The summed E-state index contributed by atoms with van der Waals surface area (Å²) in [5.74, 6) is 2.01. The Labute approximate surface area is 187 Å². The summed E-state index contributed by atoms with van der Waals surface area (Å²) >= 11 is 0. The Kier molecular flexibility index (Phi) is 12.6. The second-order valence-corrected chi connectivity index (χ2v) is 7.03. The van der Waals surface area contributed by atoms with E-state index >= 15 is 0 Å². The largest absolute Gasteiger partial charge is 0.467 e. The number of piperidine rings is 1. The first kappa shape index (κ1) is 26.0. The minimum absolute atomic E-state index is 0. The maximum atomic E-state index is 12.4. The van der Waals surface area contributed by atoms with Crippen molar-refractivity contribution < 1.29 is 22.3 Å². The second-order valence-electron chi connectivity index (χ2n) is 7.03. The average Bonchev–Trinajstić information content (AvgIpc) is 3.16. The van der Waals surface area contributed by atoms with Crippen molar-refractivity contribution in [3.8, 4) is 0 Å². The van der Waals surface area contributed by atoms with Crippen LogP contribution >= 0.6 is 24.0 Å². The third kappa shape index (κ3) is 11.7. The van der Waals surface area contributed by atoms with Crippen LogP contribution in [0.2, 0.25) is 0 Å². The molecule has 0 saturated carbocycles. The highest BCUT2D eigenvalue weighted by atomic mass is 127. The SMILES string of the molecule is CN=C(NCCCOCc1ccco1)NCCC1CCN(CC(F)(F)F)CC1.I. The van der Waals surface area contributed by atoms with E-state index in [1.807, 2.05) is 12.1 Å². The fraction of sp³-hybridized carbons (Fsp3) is 0.737. The molecule has 0 amide bonds. The van der Waals surface area contributed by atoms with E-state index in [1.54, 1.807) is 13.3 Å². The molecule has 6 nitrogen and oxygen atoms in total. The lowest BCUT2D eigenvalue weighted by molar-refractivity contribution is -0.148. The van der Waals surface area contributed by atoms with Gasteiger partial charge in [0.1, 0.15) is 12.4 Å². The van der Waals surface area contributed by atoms with E-state index in [2.05, 4.69) is 15.6 Å². The summed E-state index contributed by atoms with van der Waals surface area (Å²) in [4.78, 5) is 5.69. The van der Waals surface area contributed by atoms with Crippen LogP contribution in [-0.2, 0) is 11.3 Å². The molecule has 0 unspecified atom stereocenters. The van der Waals surface area contributed by atoms with Gasteiger partial charge in [-0.15, -0.1) is 24.0 Å². The van der Waals surface area contributed by atoms with Crippen molar-refractivity contribution in [2.24, 2.45) is 10.9 Å². The number of likely N-dealkylation sites (tertiary alicyclic amines) is 1. The molecule has 168 valence electrons. The van der Waals surface area contributed by atoms with Crippen LogP contribution in [0.5, 0.6) is 0 Å². The molecule has 1 fully saturated rings. The first-order valence-electron chi connectivity index (χ1n) is 9.80. The van der Waals surface area contributed by atoms with Crippen molar-refractivity contribution >= 4 is 29.9 Å². The molecule has 2 rings (SSSR count). The van der Waals surface area contributed by atoms with Crippen molar-refractivity contribution in [3.63, 3.8) is 0 Å². The van der Waals surface area contributed by atoms with Crippen LogP contribution in [-0.4, -0.2) is 63.4 Å². The Balaban J connectivity index is 0.00000420. The fourth-order valence-corrected chi connectivity index (χ4v) is 3.25. The maximum Gasteiger partial charge on any atom is 0.401 e. The molecule has 2 N–H and O–H groups in total. The van der Waals surface area contributed by atoms with Crippen LogP contribution in [0.4, 0.5) is 13.2 Å². The summed E-state index contributed by atoms with van der Waals surface area (Å²) in [5.41, 5.74) is 0. The highest BCUT2D eigenvalue weighted by molar-refractivity contribution is 14.0. The quantitative estimate of drug-likeness (QED) is 0.209. The lowest BCUT2D eigenvalue weighted by Gasteiger charge is -2.32. The van der Waals surface area contributed by atoms with Crippen molar-refractivity contribution in [2.45, 2.75) is 38.5 Å². The van der Waals surface area contributed by atoms with E-state index in [0.29, 0.717) is 32.2 Å². The molecule has 0 radical (unpaired) electrons. The van der Waals surface area contributed by atoms with Crippen molar-refractivity contribution in [1.29, 1.82) is 0 Å². The molecule has 1 saturated heterocycles. The monoisotopic (exact) mass is 532 g/mol. The molecule has 0 atom stereocenters. The van der Waals surface area contributed by atoms with Gasteiger partial charge < -0.3 is 19.8 Å². The molecule has 29 heavy (non-hydrogen) atoms. The number of halogens is 4. The molecule has 2 heterocycles. The Bertz CT molecular complexity index is 562. The Morgan fingerprint density at radius 2 is 2.00 bits per heavy atom. The number of guanidine groups is 1. The molecule has 1 aliphatic heterocycles. The predicted molar refractivity (Wildman–Crippen MR) is 118 cm³/mol. The Morgan fingerprint density at radius 3 is 2.62 bits per heavy atom. The molecule has 10 heteroatoms. The van der Waals surface area contributed by atoms with Crippen LogP contribution in [0.25, 0.3) is 0 Å². The molecule has 0 spiro atoms. The van der Waals surface area contributed by atoms with Crippen molar-refractivity contribution in [3.05, 3.63) is 24.2 Å². The first-order chi connectivity index (χ1) is 13.5. The summed E-state index contributed by atoms with van der Waals surface area (Å²) in [7, 11) is 1.72. The van der Waals surface area contributed by atoms with Gasteiger partial charge in [0, 0.05) is 26.7 Å². The number of ether oxygens (including phenoxy) is 1. The molecular formula is C19H32F3IN4O2. The third-order valence-electron chi connectivity index (χ3n) is 4.76. The molecule has 0 aliphatic carbocycles. The smallest absolute Gasteiger partial charge is 0.401 e. The fourth-order valence-electron chi connectivity index (χ4n) is 3.25. The van der Waals surface area contributed by atoms with E-state index in [1.165, 1.54) is 4.90 Å². The van der Waals surface area contributed by atoms with E-state index in [9.17, 15) is 13.2 Å². The molecule has 0 aromatic carbocycles. The van der Waals surface area contributed by atoms with E-state index < -0.39 is 12.7 Å². The van der Waals surface area contributed by atoms with Gasteiger partial charge in [-0.25, -0.2) is 0 Å². The zero-order valence-electron chi connectivity index (χ0n) is 16.8. The van der Waals surface area contributed by atoms with Gasteiger partial charge in [0.05, 0.1) is 12.8 Å². The lowest BCUT2D eigenvalue weighted by atomic mass is 9.93. The average molecular weight is 532 g/mol. The highest BCUT2D eigenvalue weighted by Gasteiger charge is 2.32. The van der Waals surface area contributed by atoms with Gasteiger partial charge in [0.2, 0.25) is 0 Å². The first-order valence-corrected chi connectivity index (χ1v) is 9.80. The van der Waals surface area contributed by atoms with Crippen molar-refractivity contribution in [2.75, 3.05) is 46.4 Å². The van der Waals surface area contributed by atoms with E-state index in [4.69, 9.17) is 9.15 Å². The predicted octanol–water partition coefficient (Wildman–Crippen LogP) is 3.63. The number of alkyl halides is 3. The highest BCUT2D eigenvalue weighted by Crippen LogP contribution is 2.23.